The fraction of sp³-hybridized carbons (Fsp3) is 0.263. The average Bonchev–Trinajstić information content (AvgIpc) is 2.69. The lowest BCUT2D eigenvalue weighted by atomic mass is 10.1. The van der Waals surface area contributed by atoms with Gasteiger partial charge in [-0.2, -0.15) is 4.31 Å². The van der Waals surface area contributed by atoms with E-state index in [4.69, 9.17) is 5.11 Å². The average molecular weight is 388 g/mol. The highest BCUT2D eigenvalue weighted by molar-refractivity contribution is 7.89. The lowest BCUT2D eigenvalue weighted by Crippen LogP contribution is -2.50. The highest BCUT2D eigenvalue weighted by atomic mass is 32.2. The summed E-state index contributed by atoms with van der Waals surface area (Å²) >= 11 is 0. The molecule has 2 aromatic rings. The Morgan fingerprint density at radius 2 is 1.59 bits per heavy atom. The molecule has 0 spiro atoms. The van der Waals surface area contributed by atoms with Crippen LogP contribution < -0.4 is 0 Å². The number of hydrogen-bond acceptors (Lipinski definition) is 4. The molecule has 0 aliphatic carbocycles. The van der Waals surface area contributed by atoms with Gasteiger partial charge in [-0.1, -0.05) is 30.3 Å². The number of sulfonamides is 1. The Labute approximate surface area is 157 Å². The van der Waals surface area contributed by atoms with Crippen molar-refractivity contribution in [3.05, 3.63) is 65.7 Å². The first-order valence-corrected chi connectivity index (χ1v) is 9.97. The molecular weight excluding hydrogens is 368 g/mol. The maximum atomic E-state index is 12.6. The first-order chi connectivity index (χ1) is 12.9. The van der Waals surface area contributed by atoms with Crippen LogP contribution in [0.1, 0.15) is 15.9 Å². The Kier molecular flexibility index (Phi) is 5.57. The minimum atomic E-state index is -3.56. The molecule has 1 saturated heterocycles. The van der Waals surface area contributed by atoms with Gasteiger partial charge in [0.25, 0.3) is 0 Å². The van der Waals surface area contributed by atoms with Crippen LogP contribution >= 0.6 is 0 Å². The predicted molar refractivity (Wildman–Crippen MR) is 98.9 cm³/mol. The molecular formula is C19H20N2O5S. The maximum absolute atomic E-state index is 12.6. The second-order valence-electron chi connectivity index (χ2n) is 6.28. The summed E-state index contributed by atoms with van der Waals surface area (Å²) in [7, 11) is -3.56. The van der Waals surface area contributed by atoms with Crippen molar-refractivity contribution in [2.45, 2.75) is 11.3 Å². The Balaban J connectivity index is 1.61. The molecule has 1 N–H and O–H groups in total. The van der Waals surface area contributed by atoms with Crippen LogP contribution in [0.5, 0.6) is 0 Å². The van der Waals surface area contributed by atoms with E-state index in [9.17, 15) is 18.0 Å². The van der Waals surface area contributed by atoms with Crippen molar-refractivity contribution < 1.29 is 23.1 Å². The minimum Gasteiger partial charge on any atom is -0.478 e. The van der Waals surface area contributed by atoms with Crippen molar-refractivity contribution in [3.63, 3.8) is 0 Å². The fourth-order valence-corrected chi connectivity index (χ4v) is 4.46. The highest BCUT2D eigenvalue weighted by Gasteiger charge is 2.29. The second-order valence-corrected chi connectivity index (χ2v) is 8.22. The highest BCUT2D eigenvalue weighted by Crippen LogP contribution is 2.18. The Morgan fingerprint density at radius 3 is 2.22 bits per heavy atom. The first-order valence-electron chi connectivity index (χ1n) is 8.53. The predicted octanol–water partition coefficient (Wildman–Crippen LogP) is 1.46. The van der Waals surface area contributed by atoms with Crippen LogP contribution in [0.3, 0.4) is 0 Å². The molecule has 0 atom stereocenters. The third-order valence-electron chi connectivity index (χ3n) is 4.50. The molecule has 8 heteroatoms. The molecule has 1 fully saturated rings. The van der Waals surface area contributed by atoms with E-state index in [1.165, 1.54) is 16.4 Å². The van der Waals surface area contributed by atoms with Crippen molar-refractivity contribution in [1.82, 2.24) is 9.21 Å². The molecule has 2 aromatic carbocycles. The summed E-state index contributed by atoms with van der Waals surface area (Å²) in [6.07, 6.45) is 0.0898. The fourth-order valence-electron chi connectivity index (χ4n) is 3.02. The summed E-state index contributed by atoms with van der Waals surface area (Å²) in [6.45, 7) is 1.09. The first kappa shape index (κ1) is 19.1. The molecule has 27 heavy (non-hydrogen) atoms. The maximum Gasteiger partial charge on any atom is 0.335 e. The Hall–Kier alpha value is -2.71. The van der Waals surface area contributed by atoms with Gasteiger partial charge in [0.05, 0.1) is 16.9 Å². The largest absolute Gasteiger partial charge is 0.478 e. The molecule has 1 aliphatic heterocycles. The molecule has 0 unspecified atom stereocenters. The topological polar surface area (TPSA) is 95.0 Å². The molecule has 0 saturated carbocycles. The SMILES string of the molecule is O=C(O)c1cccc(CC(=O)N2CCN(S(=O)(=O)c3ccccc3)CC2)c1. The molecule has 0 aromatic heterocycles. The van der Waals surface area contributed by atoms with Crippen LogP contribution in [0.15, 0.2) is 59.5 Å². The van der Waals surface area contributed by atoms with Crippen LogP contribution in [-0.2, 0) is 21.2 Å². The Morgan fingerprint density at radius 1 is 0.926 bits per heavy atom. The number of carbonyl (C=O) groups excluding carboxylic acids is 1. The van der Waals surface area contributed by atoms with Gasteiger partial charge < -0.3 is 10.0 Å². The zero-order valence-electron chi connectivity index (χ0n) is 14.6. The van der Waals surface area contributed by atoms with E-state index >= 15 is 0 Å². The molecule has 0 bridgehead atoms. The minimum absolute atomic E-state index is 0.0898. The van der Waals surface area contributed by atoms with Crippen LogP contribution in [0, 0.1) is 0 Å². The van der Waals surface area contributed by atoms with Crippen LogP contribution in [0.4, 0.5) is 0 Å². The van der Waals surface area contributed by atoms with Gasteiger partial charge in [0, 0.05) is 26.2 Å². The van der Waals surface area contributed by atoms with E-state index < -0.39 is 16.0 Å². The van der Waals surface area contributed by atoms with Gasteiger partial charge in [0.2, 0.25) is 15.9 Å². The van der Waals surface area contributed by atoms with Crippen LogP contribution in [0.25, 0.3) is 0 Å². The zero-order valence-corrected chi connectivity index (χ0v) is 15.4. The monoisotopic (exact) mass is 388 g/mol. The number of nitrogens with zero attached hydrogens (tertiary/aromatic N) is 2. The van der Waals surface area contributed by atoms with Gasteiger partial charge in [-0.3, -0.25) is 4.79 Å². The molecule has 1 amide bonds. The van der Waals surface area contributed by atoms with Gasteiger partial charge in [-0.15, -0.1) is 0 Å². The normalized spacial score (nSPS) is 15.5. The van der Waals surface area contributed by atoms with Gasteiger partial charge in [-0.05, 0) is 29.8 Å². The quantitative estimate of drug-likeness (QED) is 0.837. The summed E-state index contributed by atoms with van der Waals surface area (Å²) in [5, 5.41) is 9.03. The van der Waals surface area contributed by atoms with E-state index in [0.717, 1.165) is 0 Å². The zero-order chi connectivity index (χ0) is 19.4. The molecule has 0 radical (unpaired) electrons. The molecule has 7 nitrogen and oxygen atoms in total. The number of aromatic carboxylic acids is 1. The molecule has 3 rings (SSSR count). The summed E-state index contributed by atoms with van der Waals surface area (Å²) in [5.74, 6) is -1.18. The van der Waals surface area contributed by atoms with Crippen molar-refractivity contribution in [2.24, 2.45) is 0 Å². The van der Waals surface area contributed by atoms with Crippen LogP contribution in [0.2, 0.25) is 0 Å². The number of carboxylic acid groups (broad SMARTS) is 1. The van der Waals surface area contributed by atoms with E-state index in [1.54, 1.807) is 47.4 Å². The molecule has 1 aliphatic rings. The standard InChI is InChI=1S/C19H20N2O5S/c22-18(14-15-5-4-6-16(13-15)19(23)24)20-9-11-21(12-10-20)27(25,26)17-7-2-1-3-8-17/h1-8,13H,9-12,14H2,(H,23,24). The smallest absolute Gasteiger partial charge is 0.335 e. The lowest BCUT2D eigenvalue weighted by molar-refractivity contribution is -0.131. The van der Waals surface area contributed by atoms with E-state index in [1.807, 2.05) is 0 Å². The number of carbonyl (C=O) groups is 2. The number of benzene rings is 2. The number of rotatable bonds is 5. The van der Waals surface area contributed by atoms with Gasteiger partial charge >= 0.3 is 5.97 Å². The molecule has 1 heterocycles. The molecule has 142 valence electrons. The number of carboxylic acids is 1. The van der Waals surface area contributed by atoms with E-state index in [0.29, 0.717) is 18.7 Å². The number of piperazine rings is 1. The van der Waals surface area contributed by atoms with Crippen molar-refractivity contribution >= 4 is 21.9 Å². The van der Waals surface area contributed by atoms with E-state index in [-0.39, 0.29) is 35.9 Å². The third-order valence-corrected chi connectivity index (χ3v) is 6.41. The summed E-state index contributed by atoms with van der Waals surface area (Å²) < 4.78 is 26.6. The summed E-state index contributed by atoms with van der Waals surface area (Å²) in [6, 6.07) is 14.5. The summed E-state index contributed by atoms with van der Waals surface area (Å²) in [5.41, 5.74) is 0.762. The van der Waals surface area contributed by atoms with E-state index in [2.05, 4.69) is 0 Å². The lowest BCUT2D eigenvalue weighted by Gasteiger charge is -2.34. The second kappa shape index (κ2) is 7.89. The van der Waals surface area contributed by atoms with Gasteiger partial charge in [0.1, 0.15) is 0 Å². The van der Waals surface area contributed by atoms with Gasteiger partial charge in [0.15, 0.2) is 0 Å². The van der Waals surface area contributed by atoms with Gasteiger partial charge in [-0.25, -0.2) is 13.2 Å². The van der Waals surface area contributed by atoms with Crippen molar-refractivity contribution in [2.75, 3.05) is 26.2 Å². The Bertz CT molecular complexity index is 936. The van der Waals surface area contributed by atoms with Crippen molar-refractivity contribution in [3.8, 4) is 0 Å². The third kappa shape index (κ3) is 4.35. The number of amides is 1. The van der Waals surface area contributed by atoms with Crippen molar-refractivity contribution in [1.29, 1.82) is 0 Å². The number of hydrogen-bond donors (Lipinski definition) is 1. The van der Waals surface area contributed by atoms with Crippen LogP contribution in [-0.4, -0.2) is 60.8 Å². The summed E-state index contributed by atoms with van der Waals surface area (Å²) in [4.78, 5) is 25.4.